The summed E-state index contributed by atoms with van der Waals surface area (Å²) in [5.41, 5.74) is 2.12. The van der Waals surface area contributed by atoms with Gasteiger partial charge in [-0.25, -0.2) is 9.37 Å². The van der Waals surface area contributed by atoms with E-state index in [9.17, 15) is 9.18 Å². The van der Waals surface area contributed by atoms with Crippen LogP contribution < -0.4 is 4.74 Å². The Balaban J connectivity index is 1.37. The van der Waals surface area contributed by atoms with Crippen LogP contribution in [0.3, 0.4) is 0 Å². The Bertz CT molecular complexity index is 1260. The number of ether oxygens (including phenoxy) is 1. The van der Waals surface area contributed by atoms with E-state index in [4.69, 9.17) is 9.15 Å². The first-order valence-electron chi connectivity index (χ1n) is 10.8. The molecule has 1 N–H and O–H groups in total. The number of rotatable bonds is 5. The molecule has 164 valence electrons. The number of hydrogen-bond acceptors (Lipinski definition) is 4. The largest absolute Gasteiger partial charge is 0.497 e. The third kappa shape index (κ3) is 3.98. The minimum atomic E-state index is -0.336. The summed E-state index contributed by atoms with van der Waals surface area (Å²) in [6.45, 7) is 0.626. The van der Waals surface area contributed by atoms with Crippen LogP contribution in [0.4, 0.5) is 4.39 Å². The molecule has 6 nitrogen and oxygen atoms in total. The molecular weight excluding hydrogens is 409 g/mol. The molecule has 2 aromatic carbocycles. The predicted octanol–water partition coefficient (Wildman–Crippen LogP) is 5.26. The molecule has 1 fully saturated rings. The second kappa shape index (κ2) is 8.49. The van der Waals surface area contributed by atoms with Crippen molar-refractivity contribution in [2.24, 2.45) is 0 Å². The maximum Gasteiger partial charge on any atom is 0.270 e. The quantitative estimate of drug-likeness (QED) is 0.466. The van der Waals surface area contributed by atoms with Gasteiger partial charge in [-0.1, -0.05) is 12.1 Å². The van der Waals surface area contributed by atoms with Gasteiger partial charge in [0.15, 0.2) is 0 Å². The van der Waals surface area contributed by atoms with Gasteiger partial charge in [0, 0.05) is 23.9 Å². The molecule has 0 radical (unpaired) electrons. The van der Waals surface area contributed by atoms with Gasteiger partial charge < -0.3 is 19.0 Å². The summed E-state index contributed by atoms with van der Waals surface area (Å²) >= 11 is 0. The van der Waals surface area contributed by atoms with E-state index in [-0.39, 0.29) is 17.8 Å². The number of amides is 1. The lowest BCUT2D eigenvalue weighted by atomic mass is 10.0. The summed E-state index contributed by atoms with van der Waals surface area (Å²) < 4.78 is 24.9. The topological polar surface area (TPSA) is 71.4 Å². The standard InChI is InChI=1S/C25H24FN3O3/c1-31-19-6-4-5-16(11-19)12-20-15-27-24(32-20)23-7-2-3-10-29(23)25(30)22-13-17-8-9-18(26)14-21(17)28-22/h4-6,8-9,11,13-15,23,28H,2-3,7,10,12H2,1H3/t23-/m0/s1. The van der Waals surface area contributed by atoms with E-state index < -0.39 is 0 Å². The SMILES string of the molecule is COc1cccc(Cc2cnc([C@@H]3CCCCN3C(=O)c3cc4ccc(F)cc4[nH]3)o2)c1. The Kier molecular flexibility index (Phi) is 5.39. The molecule has 0 aliphatic carbocycles. The molecule has 1 aliphatic rings. The molecule has 0 bridgehead atoms. The molecule has 5 rings (SSSR count). The highest BCUT2D eigenvalue weighted by molar-refractivity contribution is 5.98. The van der Waals surface area contributed by atoms with Gasteiger partial charge in [0.05, 0.1) is 13.3 Å². The number of fused-ring (bicyclic) bond motifs is 1. The molecule has 0 spiro atoms. The first kappa shape index (κ1) is 20.3. The van der Waals surface area contributed by atoms with Crippen molar-refractivity contribution in [3.05, 3.63) is 83.5 Å². The van der Waals surface area contributed by atoms with Gasteiger partial charge in [0.2, 0.25) is 5.89 Å². The molecule has 0 unspecified atom stereocenters. The number of aromatic nitrogens is 2. The molecule has 1 amide bonds. The Hall–Kier alpha value is -3.61. The molecule has 4 aromatic rings. The third-order valence-electron chi connectivity index (χ3n) is 5.95. The second-order valence-electron chi connectivity index (χ2n) is 8.12. The van der Waals surface area contributed by atoms with Crippen molar-refractivity contribution in [2.75, 3.05) is 13.7 Å². The normalized spacial score (nSPS) is 16.4. The number of H-pyrrole nitrogens is 1. The van der Waals surface area contributed by atoms with E-state index in [2.05, 4.69) is 9.97 Å². The van der Waals surface area contributed by atoms with Gasteiger partial charge in [-0.05, 0) is 61.2 Å². The molecule has 2 aromatic heterocycles. The van der Waals surface area contributed by atoms with Gasteiger partial charge >= 0.3 is 0 Å². The van der Waals surface area contributed by atoms with Crippen molar-refractivity contribution in [2.45, 2.75) is 31.7 Å². The number of nitrogens with zero attached hydrogens (tertiary/aromatic N) is 2. The fraction of sp³-hybridized carbons (Fsp3) is 0.280. The molecule has 3 heterocycles. The van der Waals surface area contributed by atoms with Crippen LogP contribution in [0.15, 0.2) is 59.1 Å². The average molecular weight is 433 g/mol. The van der Waals surface area contributed by atoms with Crippen LogP contribution in [0.1, 0.15) is 53.0 Å². The van der Waals surface area contributed by atoms with E-state index >= 15 is 0 Å². The second-order valence-corrected chi connectivity index (χ2v) is 8.12. The van der Waals surface area contributed by atoms with Gasteiger partial charge in [-0.15, -0.1) is 0 Å². The zero-order valence-corrected chi connectivity index (χ0v) is 17.8. The number of methoxy groups -OCH3 is 1. The van der Waals surface area contributed by atoms with Gasteiger partial charge in [-0.3, -0.25) is 4.79 Å². The zero-order valence-electron chi connectivity index (χ0n) is 17.8. The summed E-state index contributed by atoms with van der Waals surface area (Å²) in [7, 11) is 1.64. The number of carbonyl (C=O) groups excluding carboxylic acids is 1. The van der Waals surface area contributed by atoms with Crippen molar-refractivity contribution in [3.8, 4) is 5.75 Å². The monoisotopic (exact) mass is 433 g/mol. The fourth-order valence-electron chi connectivity index (χ4n) is 4.34. The predicted molar refractivity (Wildman–Crippen MR) is 118 cm³/mol. The van der Waals surface area contributed by atoms with Crippen LogP contribution in [-0.2, 0) is 6.42 Å². The van der Waals surface area contributed by atoms with Crippen LogP contribution in [0, 0.1) is 5.82 Å². The lowest BCUT2D eigenvalue weighted by Gasteiger charge is -2.33. The number of benzene rings is 2. The molecular formula is C25H24FN3O3. The number of aromatic amines is 1. The highest BCUT2D eigenvalue weighted by atomic mass is 19.1. The minimum absolute atomic E-state index is 0.126. The highest BCUT2D eigenvalue weighted by Gasteiger charge is 2.32. The van der Waals surface area contributed by atoms with E-state index in [1.54, 1.807) is 25.4 Å². The number of oxazole rings is 1. The summed E-state index contributed by atoms with van der Waals surface area (Å²) in [4.78, 5) is 22.7. The van der Waals surface area contributed by atoms with Crippen LogP contribution >= 0.6 is 0 Å². The number of carbonyl (C=O) groups is 1. The number of hydrogen-bond donors (Lipinski definition) is 1. The van der Waals surface area contributed by atoms with Crippen LogP contribution in [-0.4, -0.2) is 34.4 Å². The third-order valence-corrected chi connectivity index (χ3v) is 5.95. The summed E-state index contributed by atoms with van der Waals surface area (Å²) in [5.74, 6) is 1.63. The summed E-state index contributed by atoms with van der Waals surface area (Å²) in [6, 6.07) is 13.8. The van der Waals surface area contributed by atoms with E-state index in [1.807, 2.05) is 29.2 Å². The van der Waals surface area contributed by atoms with E-state index in [0.717, 1.165) is 41.7 Å². The Morgan fingerprint density at radius 2 is 2.16 bits per heavy atom. The molecule has 32 heavy (non-hydrogen) atoms. The molecule has 1 saturated heterocycles. The van der Waals surface area contributed by atoms with Crippen molar-refractivity contribution < 1.29 is 18.3 Å². The van der Waals surface area contributed by atoms with Crippen molar-refractivity contribution in [1.82, 2.24) is 14.9 Å². The maximum atomic E-state index is 13.5. The van der Waals surface area contributed by atoms with Crippen molar-refractivity contribution in [3.63, 3.8) is 0 Å². The van der Waals surface area contributed by atoms with E-state index in [1.165, 1.54) is 12.1 Å². The molecule has 1 aliphatic heterocycles. The number of nitrogens with one attached hydrogen (secondary N) is 1. The number of halogens is 1. The zero-order chi connectivity index (χ0) is 22.1. The van der Waals surface area contributed by atoms with E-state index in [0.29, 0.717) is 30.1 Å². The molecule has 1 atom stereocenters. The number of piperidine rings is 1. The molecule has 7 heteroatoms. The Morgan fingerprint density at radius 3 is 3.03 bits per heavy atom. The Labute approximate surface area is 185 Å². The summed E-state index contributed by atoms with van der Waals surface area (Å²) in [5, 5.41) is 0.806. The highest BCUT2D eigenvalue weighted by Crippen LogP contribution is 2.33. The van der Waals surface area contributed by atoms with Gasteiger partial charge in [0.25, 0.3) is 5.91 Å². The average Bonchev–Trinajstić information content (AvgIpc) is 3.45. The Morgan fingerprint density at radius 1 is 1.25 bits per heavy atom. The molecule has 0 saturated carbocycles. The van der Waals surface area contributed by atoms with Gasteiger partial charge in [0.1, 0.15) is 29.1 Å². The first-order chi connectivity index (χ1) is 15.6. The lowest BCUT2D eigenvalue weighted by molar-refractivity contribution is 0.0565. The fourth-order valence-corrected chi connectivity index (χ4v) is 4.34. The first-order valence-corrected chi connectivity index (χ1v) is 10.8. The minimum Gasteiger partial charge on any atom is -0.497 e. The number of likely N-dealkylation sites (tertiary alicyclic amines) is 1. The van der Waals surface area contributed by atoms with Crippen molar-refractivity contribution in [1.29, 1.82) is 0 Å². The smallest absolute Gasteiger partial charge is 0.270 e. The lowest BCUT2D eigenvalue weighted by Crippen LogP contribution is -2.38. The van der Waals surface area contributed by atoms with Crippen molar-refractivity contribution >= 4 is 16.8 Å². The summed E-state index contributed by atoms with van der Waals surface area (Å²) in [6.07, 6.45) is 5.05. The van der Waals surface area contributed by atoms with Crippen LogP contribution in [0.5, 0.6) is 5.75 Å². The van der Waals surface area contributed by atoms with Crippen LogP contribution in [0.2, 0.25) is 0 Å². The maximum absolute atomic E-state index is 13.5. The van der Waals surface area contributed by atoms with Gasteiger partial charge in [-0.2, -0.15) is 0 Å². The van der Waals surface area contributed by atoms with Crippen LogP contribution in [0.25, 0.3) is 10.9 Å².